The van der Waals surface area contributed by atoms with Gasteiger partial charge in [0.25, 0.3) is 0 Å². The van der Waals surface area contributed by atoms with Gasteiger partial charge in [-0.3, -0.25) is 0 Å². The first-order valence-electron chi connectivity index (χ1n) is 11.6. The minimum Gasteiger partial charge on any atom is -0.465 e. The fourth-order valence-electron chi connectivity index (χ4n) is 6.62. The highest BCUT2D eigenvalue weighted by Crippen LogP contribution is 2.47. The Bertz CT molecular complexity index is 782. The van der Waals surface area contributed by atoms with Crippen LogP contribution < -0.4 is 0 Å². The van der Waals surface area contributed by atoms with Crippen LogP contribution in [0.15, 0.2) is 8.83 Å². The lowest BCUT2D eigenvalue weighted by Gasteiger charge is -2.28. The minimum absolute atomic E-state index is 0.623. The van der Waals surface area contributed by atoms with Crippen LogP contribution in [0.4, 0.5) is 0 Å². The Morgan fingerprint density at radius 3 is 1.48 bits per heavy atom. The zero-order valence-corrected chi connectivity index (χ0v) is 16.6. The summed E-state index contributed by atoms with van der Waals surface area (Å²) >= 11 is 0. The van der Waals surface area contributed by atoms with Gasteiger partial charge in [-0.15, -0.1) is 0 Å². The third-order valence-corrected chi connectivity index (χ3v) is 7.89. The van der Waals surface area contributed by atoms with Gasteiger partial charge >= 0.3 is 0 Å². The predicted molar refractivity (Wildman–Crippen MR) is 107 cm³/mol. The summed E-state index contributed by atoms with van der Waals surface area (Å²) in [6.45, 7) is 0. The summed E-state index contributed by atoms with van der Waals surface area (Å²) in [7, 11) is 0. The summed E-state index contributed by atoms with van der Waals surface area (Å²) in [5, 5.41) is 0. The number of rotatable bonds is 2. The molecule has 0 bridgehead atoms. The van der Waals surface area contributed by atoms with Crippen molar-refractivity contribution in [1.29, 1.82) is 0 Å². The standard InChI is InChI=1S/C25H32O2/c1-3-13-22-18(9-1)20-11-5-7-16(24(20)26-22)15-17-8-6-12-21-19-10-2-4-14-23(19)27-25(17)21/h16-17H,1-15H2/t16-,17-/m0/s1. The molecular weight excluding hydrogens is 332 g/mol. The Morgan fingerprint density at radius 2 is 0.963 bits per heavy atom. The van der Waals surface area contributed by atoms with Crippen LogP contribution in [0.2, 0.25) is 0 Å². The molecule has 0 spiro atoms. The second-order valence-corrected chi connectivity index (χ2v) is 9.52. The van der Waals surface area contributed by atoms with Crippen LogP contribution in [0.1, 0.15) is 115 Å². The molecule has 0 amide bonds. The van der Waals surface area contributed by atoms with E-state index in [1.165, 1.54) is 119 Å². The molecule has 2 nitrogen and oxygen atoms in total. The van der Waals surface area contributed by atoms with Crippen LogP contribution in [0.25, 0.3) is 0 Å². The molecule has 4 aliphatic carbocycles. The molecule has 0 fully saturated rings. The summed E-state index contributed by atoms with van der Waals surface area (Å²) in [5.41, 5.74) is 6.46. The second kappa shape index (κ2) is 6.57. The highest BCUT2D eigenvalue weighted by molar-refractivity contribution is 5.41. The SMILES string of the molecule is C1CCc2c(oc3c2CCC[C@H]3C[C@@H]2CCCc3c2oc2c3CCCC2)C1. The number of fused-ring (bicyclic) bond motifs is 6. The molecule has 0 aliphatic heterocycles. The van der Waals surface area contributed by atoms with E-state index < -0.39 is 0 Å². The number of hydrogen-bond donors (Lipinski definition) is 0. The Kier molecular flexibility index (Phi) is 4.02. The Balaban J connectivity index is 1.31. The van der Waals surface area contributed by atoms with E-state index in [0.29, 0.717) is 11.8 Å². The molecule has 2 aromatic heterocycles. The minimum atomic E-state index is 0.623. The van der Waals surface area contributed by atoms with Crippen molar-refractivity contribution in [2.24, 2.45) is 0 Å². The van der Waals surface area contributed by atoms with Crippen LogP contribution in [-0.4, -0.2) is 0 Å². The topological polar surface area (TPSA) is 26.3 Å². The van der Waals surface area contributed by atoms with Crippen molar-refractivity contribution in [3.05, 3.63) is 45.3 Å². The molecule has 2 heterocycles. The van der Waals surface area contributed by atoms with Gasteiger partial charge in [0.05, 0.1) is 0 Å². The maximum absolute atomic E-state index is 6.52. The van der Waals surface area contributed by atoms with Gasteiger partial charge in [0.2, 0.25) is 0 Å². The zero-order valence-electron chi connectivity index (χ0n) is 16.6. The van der Waals surface area contributed by atoms with E-state index >= 15 is 0 Å². The molecule has 4 aliphatic rings. The van der Waals surface area contributed by atoms with Crippen molar-refractivity contribution in [3.63, 3.8) is 0 Å². The lowest BCUT2D eigenvalue weighted by molar-refractivity contribution is 0.323. The third kappa shape index (κ3) is 2.66. The maximum atomic E-state index is 6.52. The number of aryl methyl sites for hydroxylation is 2. The smallest absolute Gasteiger partial charge is 0.110 e. The van der Waals surface area contributed by atoms with Crippen LogP contribution in [0.3, 0.4) is 0 Å². The quantitative estimate of drug-likeness (QED) is 0.603. The van der Waals surface area contributed by atoms with E-state index in [9.17, 15) is 0 Å². The molecule has 2 atom stereocenters. The first kappa shape index (κ1) is 16.5. The normalized spacial score (nSPS) is 26.8. The highest BCUT2D eigenvalue weighted by atomic mass is 16.3. The van der Waals surface area contributed by atoms with Crippen molar-refractivity contribution >= 4 is 0 Å². The average molecular weight is 365 g/mol. The lowest BCUT2D eigenvalue weighted by Crippen LogP contribution is -2.16. The Morgan fingerprint density at radius 1 is 0.519 bits per heavy atom. The van der Waals surface area contributed by atoms with E-state index in [1.807, 2.05) is 0 Å². The molecular formula is C25H32O2. The van der Waals surface area contributed by atoms with E-state index in [0.717, 1.165) is 0 Å². The van der Waals surface area contributed by atoms with Crippen LogP contribution in [0, 0.1) is 0 Å². The fourth-order valence-corrected chi connectivity index (χ4v) is 6.62. The summed E-state index contributed by atoms with van der Waals surface area (Å²) in [6, 6.07) is 0. The van der Waals surface area contributed by atoms with Gasteiger partial charge in [-0.25, -0.2) is 0 Å². The van der Waals surface area contributed by atoms with Crippen molar-refractivity contribution in [3.8, 4) is 0 Å². The molecule has 0 N–H and O–H groups in total. The van der Waals surface area contributed by atoms with Gasteiger partial charge in [0.15, 0.2) is 0 Å². The highest BCUT2D eigenvalue weighted by Gasteiger charge is 2.35. The molecule has 27 heavy (non-hydrogen) atoms. The van der Waals surface area contributed by atoms with Gasteiger partial charge in [0.1, 0.15) is 23.0 Å². The molecule has 0 saturated heterocycles. The van der Waals surface area contributed by atoms with Crippen molar-refractivity contribution in [1.82, 2.24) is 0 Å². The largest absolute Gasteiger partial charge is 0.465 e. The second-order valence-electron chi connectivity index (χ2n) is 9.52. The molecule has 0 unspecified atom stereocenters. The number of hydrogen-bond acceptors (Lipinski definition) is 2. The summed E-state index contributed by atoms with van der Waals surface area (Å²) in [5.74, 6) is 6.70. The molecule has 0 radical (unpaired) electrons. The predicted octanol–water partition coefficient (Wildman–Crippen LogP) is 6.56. The lowest BCUT2D eigenvalue weighted by atomic mass is 9.76. The van der Waals surface area contributed by atoms with E-state index in [2.05, 4.69) is 0 Å². The van der Waals surface area contributed by atoms with Gasteiger partial charge in [-0.2, -0.15) is 0 Å². The van der Waals surface area contributed by atoms with Gasteiger partial charge < -0.3 is 8.83 Å². The molecule has 0 aromatic carbocycles. The van der Waals surface area contributed by atoms with Crippen LogP contribution in [0.5, 0.6) is 0 Å². The van der Waals surface area contributed by atoms with Crippen molar-refractivity contribution in [2.45, 2.75) is 108 Å². The third-order valence-electron chi connectivity index (χ3n) is 7.89. The first-order valence-corrected chi connectivity index (χ1v) is 11.6. The van der Waals surface area contributed by atoms with Crippen LogP contribution in [-0.2, 0) is 38.5 Å². The summed E-state index contributed by atoms with van der Waals surface area (Å²) in [6.07, 6.45) is 19.3. The summed E-state index contributed by atoms with van der Waals surface area (Å²) in [4.78, 5) is 0. The molecule has 2 heteroatoms. The Labute approximate surface area is 162 Å². The molecule has 144 valence electrons. The zero-order chi connectivity index (χ0) is 17.8. The molecule has 6 rings (SSSR count). The van der Waals surface area contributed by atoms with Gasteiger partial charge in [-0.05, 0) is 106 Å². The maximum Gasteiger partial charge on any atom is 0.110 e. The monoisotopic (exact) mass is 364 g/mol. The Hall–Kier alpha value is -1.44. The fraction of sp³-hybridized carbons (Fsp3) is 0.680. The van der Waals surface area contributed by atoms with Crippen molar-refractivity contribution < 1.29 is 8.83 Å². The van der Waals surface area contributed by atoms with Gasteiger partial charge in [0, 0.05) is 24.7 Å². The van der Waals surface area contributed by atoms with E-state index in [-0.39, 0.29) is 0 Å². The van der Waals surface area contributed by atoms with E-state index in [1.54, 1.807) is 22.3 Å². The molecule has 2 aromatic rings. The average Bonchev–Trinajstić information content (AvgIpc) is 3.28. The van der Waals surface area contributed by atoms with Crippen molar-refractivity contribution in [2.75, 3.05) is 0 Å². The van der Waals surface area contributed by atoms with E-state index in [4.69, 9.17) is 8.83 Å². The number of furan rings is 2. The molecule has 0 saturated carbocycles. The summed E-state index contributed by atoms with van der Waals surface area (Å²) < 4.78 is 13.0. The van der Waals surface area contributed by atoms with Gasteiger partial charge in [-0.1, -0.05) is 0 Å². The van der Waals surface area contributed by atoms with Crippen LogP contribution >= 0.6 is 0 Å². The first-order chi connectivity index (χ1) is 13.4.